The lowest BCUT2D eigenvalue weighted by Gasteiger charge is -2.10. The maximum Gasteiger partial charge on any atom is 0.272 e. The lowest BCUT2D eigenvalue weighted by Crippen LogP contribution is -2.23. The number of nitro benzene ring substituents is 1. The molecule has 0 fully saturated rings. The maximum absolute atomic E-state index is 12.4. The molecule has 0 aliphatic carbocycles. The van der Waals surface area contributed by atoms with Gasteiger partial charge in [-0.1, -0.05) is 6.07 Å². The smallest absolute Gasteiger partial charge is 0.272 e. The molecule has 9 nitrogen and oxygen atoms in total. The highest BCUT2D eigenvalue weighted by molar-refractivity contribution is 6.05. The van der Waals surface area contributed by atoms with E-state index in [0.29, 0.717) is 22.4 Å². The predicted molar refractivity (Wildman–Crippen MR) is 93.5 cm³/mol. The van der Waals surface area contributed by atoms with Crippen LogP contribution >= 0.6 is 0 Å². The second-order valence-corrected chi connectivity index (χ2v) is 5.43. The van der Waals surface area contributed by atoms with Gasteiger partial charge in [0.2, 0.25) is 0 Å². The predicted octanol–water partition coefficient (Wildman–Crippen LogP) is 2.42. The van der Waals surface area contributed by atoms with E-state index in [-0.39, 0.29) is 17.9 Å². The fraction of sp³-hybridized carbons (Fsp3) is 0.176. The zero-order valence-corrected chi connectivity index (χ0v) is 14.1. The van der Waals surface area contributed by atoms with Crippen molar-refractivity contribution in [2.75, 3.05) is 14.2 Å². The number of benzene rings is 2. The zero-order valence-electron chi connectivity index (χ0n) is 14.1. The lowest BCUT2D eigenvalue weighted by atomic mass is 10.1. The Bertz CT molecular complexity index is 982. The van der Waals surface area contributed by atoms with Crippen LogP contribution in [0.4, 0.5) is 5.69 Å². The van der Waals surface area contributed by atoms with Gasteiger partial charge in [0, 0.05) is 24.1 Å². The number of ether oxygens (including phenoxy) is 2. The first-order chi connectivity index (χ1) is 12.5. The second-order valence-electron chi connectivity index (χ2n) is 5.43. The van der Waals surface area contributed by atoms with Crippen molar-refractivity contribution in [1.82, 2.24) is 15.5 Å². The number of non-ortho nitro benzene ring substituents is 1. The van der Waals surface area contributed by atoms with E-state index >= 15 is 0 Å². The Morgan fingerprint density at radius 2 is 1.96 bits per heavy atom. The van der Waals surface area contributed by atoms with Gasteiger partial charge in [-0.05, 0) is 23.8 Å². The maximum atomic E-state index is 12.4. The van der Waals surface area contributed by atoms with Crippen LogP contribution in [-0.4, -0.2) is 35.2 Å². The summed E-state index contributed by atoms with van der Waals surface area (Å²) in [6.07, 6.45) is 0. The molecule has 1 amide bonds. The van der Waals surface area contributed by atoms with E-state index in [1.54, 1.807) is 25.3 Å². The first kappa shape index (κ1) is 17.2. The quantitative estimate of drug-likeness (QED) is 0.517. The number of amides is 1. The van der Waals surface area contributed by atoms with Crippen LogP contribution in [0.25, 0.3) is 10.9 Å². The van der Waals surface area contributed by atoms with Crippen LogP contribution in [0.15, 0.2) is 36.4 Å². The molecule has 1 heterocycles. The van der Waals surface area contributed by atoms with Gasteiger partial charge in [-0.15, -0.1) is 0 Å². The van der Waals surface area contributed by atoms with Crippen LogP contribution in [0.2, 0.25) is 0 Å². The summed E-state index contributed by atoms with van der Waals surface area (Å²) in [6, 6.07) is 9.50. The molecule has 2 N–H and O–H groups in total. The van der Waals surface area contributed by atoms with Crippen molar-refractivity contribution >= 4 is 22.5 Å². The van der Waals surface area contributed by atoms with Gasteiger partial charge in [0.1, 0.15) is 0 Å². The number of nitro groups is 1. The number of aromatic amines is 1. The summed E-state index contributed by atoms with van der Waals surface area (Å²) < 4.78 is 10.4. The summed E-state index contributed by atoms with van der Waals surface area (Å²) >= 11 is 0. The largest absolute Gasteiger partial charge is 0.493 e. The standard InChI is InChI=1S/C17H16N4O5/c1-25-14-6-3-10(7-15(14)26-2)9-18-17(22)16-12-8-11(21(23)24)4-5-13(12)19-20-16/h3-8H,9H2,1-2H3,(H,18,22)(H,19,20). The molecule has 26 heavy (non-hydrogen) atoms. The topological polar surface area (TPSA) is 119 Å². The Labute approximate surface area is 148 Å². The van der Waals surface area contributed by atoms with E-state index in [9.17, 15) is 14.9 Å². The Morgan fingerprint density at radius 1 is 1.19 bits per heavy atom. The van der Waals surface area contributed by atoms with Crippen LogP contribution in [0, 0.1) is 10.1 Å². The van der Waals surface area contributed by atoms with Crippen molar-refractivity contribution < 1.29 is 19.2 Å². The van der Waals surface area contributed by atoms with E-state index < -0.39 is 10.8 Å². The molecule has 0 aliphatic heterocycles. The molecule has 0 atom stereocenters. The molecule has 9 heteroatoms. The summed E-state index contributed by atoms with van der Waals surface area (Å²) in [7, 11) is 3.07. The summed E-state index contributed by atoms with van der Waals surface area (Å²) in [5.41, 5.74) is 1.35. The first-order valence-electron chi connectivity index (χ1n) is 7.65. The highest BCUT2D eigenvalue weighted by atomic mass is 16.6. The number of carbonyl (C=O) groups is 1. The van der Waals surface area contributed by atoms with Gasteiger partial charge in [0.25, 0.3) is 11.6 Å². The Morgan fingerprint density at radius 3 is 2.65 bits per heavy atom. The molecule has 0 spiro atoms. The fourth-order valence-corrected chi connectivity index (χ4v) is 2.55. The summed E-state index contributed by atoms with van der Waals surface area (Å²) in [5, 5.41) is 20.7. The average molecular weight is 356 g/mol. The van der Waals surface area contributed by atoms with E-state index in [1.807, 2.05) is 0 Å². The Kier molecular flexibility index (Phi) is 4.70. The number of carbonyl (C=O) groups excluding carboxylic acids is 1. The van der Waals surface area contributed by atoms with Crippen molar-refractivity contribution in [1.29, 1.82) is 0 Å². The number of rotatable bonds is 6. The third-order valence-electron chi connectivity index (χ3n) is 3.87. The molecule has 0 radical (unpaired) electrons. The van der Waals surface area contributed by atoms with Crippen molar-refractivity contribution in [3.8, 4) is 11.5 Å². The number of aromatic nitrogens is 2. The second kappa shape index (κ2) is 7.09. The van der Waals surface area contributed by atoms with Crippen LogP contribution in [0.1, 0.15) is 16.1 Å². The Hall–Kier alpha value is -3.62. The Balaban J connectivity index is 1.79. The SMILES string of the molecule is COc1ccc(CNC(=O)c2n[nH]c3ccc([N+](=O)[O-])cc23)cc1OC. The highest BCUT2D eigenvalue weighted by Gasteiger charge is 2.17. The molecular formula is C17H16N4O5. The normalized spacial score (nSPS) is 10.5. The van der Waals surface area contributed by atoms with Crippen LogP contribution < -0.4 is 14.8 Å². The molecule has 3 rings (SSSR count). The fourth-order valence-electron chi connectivity index (χ4n) is 2.55. The molecule has 0 bridgehead atoms. The summed E-state index contributed by atoms with van der Waals surface area (Å²) in [6.45, 7) is 0.239. The van der Waals surface area contributed by atoms with Crippen LogP contribution in [-0.2, 0) is 6.54 Å². The van der Waals surface area contributed by atoms with Crippen molar-refractivity contribution in [3.63, 3.8) is 0 Å². The van der Waals surface area contributed by atoms with Gasteiger partial charge in [0.05, 0.1) is 24.7 Å². The van der Waals surface area contributed by atoms with E-state index in [1.165, 1.54) is 25.3 Å². The minimum atomic E-state index is -0.516. The zero-order chi connectivity index (χ0) is 18.7. The van der Waals surface area contributed by atoms with E-state index in [0.717, 1.165) is 5.56 Å². The van der Waals surface area contributed by atoms with Gasteiger partial charge >= 0.3 is 0 Å². The third kappa shape index (κ3) is 3.27. The molecule has 0 unspecified atom stereocenters. The van der Waals surface area contributed by atoms with Gasteiger partial charge in [0.15, 0.2) is 17.2 Å². The minimum absolute atomic E-state index is 0.101. The number of hydrogen-bond acceptors (Lipinski definition) is 6. The lowest BCUT2D eigenvalue weighted by molar-refractivity contribution is -0.384. The summed E-state index contributed by atoms with van der Waals surface area (Å²) in [5.74, 6) is 0.708. The van der Waals surface area contributed by atoms with E-state index in [2.05, 4.69) is 15.5 Å². The highest BCUT2D eigenvalue weighted by Crippen LogP contribution is 2.27. The van der Waals surface area contributed by atoms with Crippen molar-refractivity contribution in [2.45, 2.75) is 6.54 Å². The molecule has 2 aromatic carbocycles. The van der Waals surface area contributed by atoms with Gasteiger partial charge in [-0.25, -0.2) is 0 Å². The number of nitrogens with one attached hydrogen (secondary N) is 2. The van der Waals surface area contributed by atoms with Gasteiger partial charge in [-0.2, -0.15) is 5.10 Å². The number of fused-ring (bicyclic) bond motifs is 1. The number of H-pyrrole nitrogens is 1. The average Bonchev–Trinajstić information content (AvgIpc) is 3.09. The minimum Gasteiger partial charge on any atom is -0.493 e. The van der Waals surface area contributed by atoms with Gasteiger partial charge in [-0.3, -0.25) is 20.0 Å². The number of nitrogens with zero attached hydrogens (tertiary/aromatic N) is 2. The molecule has 0 saturated heterocycles. The van der Waals surface area contributed by atoms with Crippen LogP contribution in [0.5, 0.6) is 11.5 Å². The van der Waals surface area contributed by atoms with Crippen molar-refractivity contribution in [2.24, 2.45) is 0 Å². The third-order valence-corrected chi connectivity index (χ3v) is 3.87. The van der Waals surface area contributed by atoms with Crippen molar-refractivity contribution in [3.05, 3.63) is 57.8 Å². The summed E-state index contributed by atoms with van der Waals surface area (Å²) in [4.78, 5) is 22.8. The first-order valence-corrected chi connectivity index (χ1v) is 7.65. The molecule has 0 saturated carbocycles. The molecule has 3 aromatic rings. The monoisotopic (exact) mass is 356 g/mol. The number of methoxy groups -OCH3 is 2. The van der Waals surface area contributed by atoms with Crippen LogP contribution in [0.3, 0.4) is 0 Å². The molecule has 134 valence electrons. The molecule has 0 aliphatic rings. The van der Waals surface area contributed by atoms with E-state index in [4.69, 9.17) is 9.47 Å². The molecule has 1 aromatic heterocycles. The number of hydrogen-bond donors (Lipinski definition) is 2. The van der Waals surface area contributed by atoms with Gasteiger partial charge < -0.3 is 14.8 Å². The molecular weight excluding hydrogens is 340 g/mol.